The molecule has 1 N–H and O–H groups in total. The minimum atomic E-state index is 0.160. The van der Waals surface area contributed by atoms with Gasteiger partial charge in [0.2, 0.25) is 5.91 Å². The highest BCUT2D eigenvalue weighted by Crippen LogP contribution is 2.23. The third kappa shape index (κ3) is 5.38. The average molecular weight is 351 g/mol. The number of carbonyl (C=O) groups excluding carboxylic acids is 1. The fourth-order valence-electron chi connectivity index (χ4n) is 3.33. The molecule has 0 radical (unpaired) electrons. The Morgan fingerprint density at radius 1 is 1.42 bits per heavy atom. The van der Waals surface area contributed by atoms with E-state index >= 15 is 0 Å². The van der Waals surface area contributed by atoms with E-state index in [4.69, 9.17) is 0 Å². The van der Waals surface area contributed by atoms with Crippen molar-refractivity contribution in [2.24, 2.45) is 5.92 Å². The number of thioether (sulfide) groups is 1. The number of nitrogens with one attached hydrogen (secondary N) is 1. The topological polar surface area (TPSA) is 48.5 Å². The predicted octanol–water partition coefficient (Wildman–Crippen LogP) is 2.23. The van der Waals surface area contributed by atoms with Crippen LogP contribution in [0.1, 0.15) is 25.3 Å². The summed E-state index contributed by atoms with van der Waals surface area (Å²) in [6.07, 6.45) is 6.25. The molecule has 0 unspecified atom stereocenters. The van der Waals surface area contributed by atoms with Crippen molar-refractivity contribution in [3.8, 4) is 0 Å². The monoisotopic (exact) mass is 350 g/mol. The van der Waals surface area contributed by atoms with Crippen molar-refractivity contribution in [2.45, 2.75) is 32.4 Å². The highest BCUT2D eigenvalue weighted by atomic mass is 32.2. The molecule has 2 rings (SSSR count). The number of rotatable bonds is 8. The van der Waals surface area contributed by atoms with Gasteiger partial charge >= 0.3 is 0 Å². The maximum absolute atomic E-state index is 12.0. The first-order valence-corrected chi connectivity index (χ1v) is 10.1. The number of hydrogen-bond acceptors (Lipinski definition) is 5. The summed E-state index contributed by atoms with van der Waals surface area (Å²) in [6.45, 7) is 5.09. The summed E-state index contributed by atoms with van der Waals surface area (Å²) >= 11 is 1.58. The quantitative estimate of drug-likeness (QED) is 0.779. The molecule has 0 aliphatic carbocycles. The minimum absolute atomic E-state index is 0.160. The zero-order chi connectivity index (χ0) is 17.5. The standard InChI is InChI=1S/C18H30N4OS/c1-5-6-15-11-22(12-16(15)20-18(23)13-24-4)10-14-7-8-17(19-9-14)21(2)3/h7-9,15-16H,5-6,10-13H2,1-4H3,(H,20,23)/t15-,16-/m1/s1. The SMILES string of the molecule is CCC[C@@H]1CN(Cc2ccc(N(C)C)nc2)C[C@H]1NC(=O)CSC. The van der Waals surface area contributed by atoms with Gasteiger partial charge in [0.1, 0.15) is 5.82 Å². The van der Waals surface area contributed by atoms with Crippen LogP contribution >= 0.6 is 11.8 Å². The van der Waals surface area contributed by atoms with E-state index in [9.17, 15) is 4.79 Å². The molecule has 24 heavy (non-hydrogen) atoms. The lowest BCUT2D eigenvalue weighted by Gasteiger charge is -2.19. The summed E-state index contributed by atoms with van der Waals surface area (Å²) in [5.41, 5.74) is 1.23. The second-order valence-corrected chi connectivity index (χ2v) is 7.63. The van der Waals surface area contributed by atoms with Crippen LogP contribution in [0.2, 0.25) is 0 Å². The van der Waals surface area contributed by atoms with E-state index in [-0.39, 0.29) is 11.9 Å². The van der Waals surface area contributed by atoms with Crippen molar-refractivity contribution in [1.29, 1.82) is 0 Å². The second kappa shape index (κ2) is 9.28. The summed E-state index contributed by atoms with van der Waals surface area (Å²) in [5, 5.41) is 3.23. The van der Waals surface area contributed by atoms with Crippen LogP contribution in [0.4, 0.5) is 5.82 Å². The first-order chi connectivity index (χ1) is 11.5. The number of pyridine rings is 1. The van der Waals surface area contributed by atoms with Crippen LogP contribution in [-0.2, 0) is 11.3 Å². The second-order valence-electron chi connectivity index (χ2n) is 6.77. The molecule has 134 valence electrons. The van der Waals surface area contributed by atoms with E-state index in [0.29, 0.717) is 11.7 Å². The van der Waals surface area contributed by atoms with Crippen LogP contribution in [0, 0.1) is 5.92 Å². The molecule has 1 aromatic heterocycles. The van der Waals surface area contributed by atoms with Crippen molar-refractivity contribution >= 4 is 23.5 Å². The lowest BCUT2D eigenvalue weighted by atomic mass is 9.98. The number of likely N-dealkylation sites (tertiary alicyclic amines) is 1. The molecular weight excluding hydrogens is 320 g/mol. The number of anilines is 1. The minimum Gasteiger partial charge on any atom is -0.363 e. The zero-order valence-electron chi connectivity index (χ0n) is 15.3. The predicted molar refractivity (Wildman–Crippen MR) is 103 cm³/mol. The molecule has 0 aromatic carbocycles. The van der Waals surface area contributed by atoms with Crippen LogP contribution in [0.5, 0.6) is 0 Å². The summed E-state index contributed by atoms with van der Waals surface area (Å²) in [4.78, 5) is 20.9. The van der Waals surface area contributed by atoms with Gasteiger partial charge < -0.3 is 10.2 Å². The molecule has 6 heteroatoms. The van der Waals surface area contributed by atoms with E-state index in [1.165, 1.54) is 12.0 Å². The van der Waals surface area contributed by atoms with Crippen molar-refractivity contribution < 1.29 is 4.79 Å². The Balaban J connectivity index is 1.94. The van der Waals surface area contributed by atoms with Gasteiger partial charge in [0.15, 0.2) is 0 Å². The summed E-state index contributed by atoms with van der Waals surface area (Å²) in [6, 6.07) is 4.49. The Bertz CT molecular complexity index is 520. The highest BCUT2D eigenvalue weighted by Gasteiger charge is 2.32. The fraction of sp³-hybridized carbons (Fsp3) is 0.667. The van der Waals surface area contributed by atoms with Gasteiger partial charge in [0.05, 0.1) is 5.75 Å². The Morgan fingerprint density at radius 3 is 2.79 bits per heavy atom. The van der Waals surface area contributed by atoms with Gasteiger partial charge in [0, 0.05) is 46.0 Å². The van der Waals surface area contributed by atoms with Crippen LogP contribution in [-0.4, -0.2) is 61.0 Å². The number of amides is 1. The Labute approximate surface area is 150 Å². The molecule has 2 heterocycles. The van der Waals surface area contributed by atoms with Crippen molar-refractivity contribution in [3.63, 3.8) is 0 Å². The Hall–Kier alpha value is -1.27. The van der Waals surface area contributed by atoms with Gasteiger partial charge in [-0.05, 0) is 30.2 Å². The molecule has 0 saturated carbocycles. The smallest absolute Gasteiger partial charge is 0.230 e. The normalized spacial score (nSPS) is 21.0. The van der Waals surface area contributed by atoms with Gasteiger partial charge in [-0.1, -0.05) is 19.4 Å². The molecule has 1 aliphatic heterocycles. The van der Waals surface area contributed by atoms with Crippen LogP contribution < -0.4 is 10.2 Å². The van der Waals surface area contributed by atoms with Crippen LogP contribution in [0.3, 0.4) is 0 Å². The maximum Gasteiger partial charge on any atom is 0.230 e. The van der Waals surface area contributed by atoms with Gasteiger partial charge in [-0.25, -0.2) is 4.98 Å². The van der Waals surface area contributed by atoms with Gasteiger partial charge in [0.25, 0.3) is 0 Å². The van der Waals surface area contributed by atoms with Gasteiger partial charge in [-0.15, -0.1) is 0 Å². The molecule has 1 saturated heterocycles. The van der Waals surface area contributed by atoms with Gasteiger partial charge in [-0.3, -0.25) is 9.69 Å². The molecule has 1 fully saturated rings. The van der Waals surface area contributed by atoms with E-state index in [0.717, 1.165) is 31.9 Å². The molecule has 1 amide bonds. The first-order valence-electron chi connectivity index (χ1n) is 8.66. The molecule has 2 atom stereocenters. The number of nitrogens with zero attached hydrogens (tertiary/aromatic N) is 3. The molecule has 5 nitrogen and oxygen atoms in total. The molecule has 1 aliphatic rings. The third-order valence-corrected chi connectivity index (χ3v) is 5.02. The van der Waals surface area contributed by atoms with Crippen LogP contribution in [0.25, 0.3) is 0 Å². The maximum atomic E-state index is 12.0. The molecule has 0 spiro atoms. The van der Waals surface area contributed by atoms with E-state index in [1.807, 2.05) is 31.4 Å². The number of carbonyl (C=O) groups is 1. The van der Waals surface area contributed by atoms with E-state index in [2.05, 4.69) is 34.3 Å². The number of hydrogen-bond donors (Lipinski definition) is 1. The first kappa shape index (κ1) is 19.1. The van der Waals surface area contributed by atoms with E-state index < -0.39 is 0 Å². The molecule has 1 aromatic rings. The summed E-state index contributed by atoms with van der Waals surface area (Å²) < 4.78 is 0. The van der Waals surface area contributed by atoms with Crippen molar-refractivity contribution in [1.82, 2.24) is 15.2 Å². The third-order valence-electron chi connectivity index (χ3n) is 4.47. The lowest BCUT2D eigenvalue weighted by molar-refractivity contribution is -0.119. The van der Waals surface area contributed by atoms with Crippen molar-refractivity contribution in [2.75, 3.05) is 44.1 Å². The molecular formula is C18H30N4OS. The average Bonchev–Trinajstić information content (AvgIpc) is 2.89. The highest BCUT2D eigenvalue weighted by molar-refractivity contribution is 7.99. The molecule has 0 bridgehead atoms. The summed E-state index contributed by atoms with van der Waals surface area (Å²) in [7, 11) is 4.00. The van der Waals surface area contributed by atoms with E-state index in [1.54, 1.807) is 11.8 Å². The van der Waals surface area contributed by atoms with Crippen molar-refractivity contribution in [3.05, 3.63) is 23.9 Å². The Kier molecular flexibility index (Phi) is 7.37. The fourth-order valence-corrected chi connectivity index (χ4v) is 3.67. The number of aromatic nitrogens is 1. The largest absolute Gasteiger partial charge is 0.363 e. The van der Waals surface area contributed by atoms with Gasteiger partial charge in [-0.2, -0.15) is 11.8 Å². The Morgan fingerprint density at radius 2 is 2.21 bits per heavy atom. The zero-order valence-corrected chi connectivity index (χ0v) is 16.1. The van der Waals surface area contributed by atoms with Crippen LogP contribution in [0.15, 0.2) is 18.3 Å². The lowest BCUT2D eigenvalue weighted by Crippen LogP contribution is -2.41. The summed E-state index contributed by atoms with van der Waals surface area (Å²) in [5.74, 6) is 2.24.